The van der Waals surface area contributed by atoms with Gasteiger partial charge in [0, 0.05) is 18.0 Å². The van der Waals surface area contributed by atoms with E-state index in [2.05, 4.69) is 30.0 Å². The Morgan fingerprint density at radius 2 is 1.96 bits per heavy atom. The van der Waals surface area contributed by atoms with Crippen molar-refractivity contribution >= 4 is 56.3 Å². The van der Waals surface area contributed by atoms with E-state index in [0.29, 0.717) is 13.0 Å². The second-order valence-corrected chi connectivity index (χ2v) is 8.26. The average molecular weight is 410 g/mol. The molecule has 0 radical (unpaired) electrons. The first-order valence-corrected chi connectivity index (χ1v) is 10.1. The number of para-hydroxylation sites is 1. The Bertz CT molecular complexity index is 846. The minimum atomic E-state index is 0. The maximum Gasteiger partial charge on any atom is 0.234 e. The van der Waals surface area contributed by atoms with E-state index >= 15 is 0 Å². The van der Waals surface area contributed by atoms with Gasteiger partial charge in [0.1, 0.15) is 0 Å². The first kappa shape index (κ1) is 20.8. The van der Waals surface area contributed by atoms with Gasteiger partial charge in [0.15, 0.2) is 5.13 Å². The highest BCUT2D eigenvalue weighted by atomic mass is 35.5. The number of rotatable bonds is 7. The van der Waals surface area contributed by atoms with Crippen molar-refractivity contribution in [2.45, 2.75) is 19.8 Å². The van der Waals surface area contributed by atoms with Gasteiger partial charge < -0.3 is 4.90 Å². The standard InChI is InChI=1S/C19H23N3OS2.ClH/c1-4-14-7-5-9-16-18(14)20-19(25-16)22(11-10-21(2)3)17(23)13-15-8-6-12-24-15;/h5-9,12H,4,10-11,13H2,1-3H3;1H. The Kier molecular flexibility index (Phi) is 7.58. The molecule has 3 aromatic rings. The molecule has 0 N–H and O–H groups in total. The summed E-state index contributed by atoms with van der Waals surface area (Å²) in [5, 5.41) is 2.82. The van der Waals surface area contributed by atoms with Crippen LogP contribution in [0.5, 0.6) is 0 Å². The summed E-state index contributed by atoms with van der Waals surface area (Å²) in [5.41, 5.74) is 2.27. The van der Waals surface area contributed by atoms with E-state index in [4.69, 9.17) is 4.98 Å². The Hall–Kier alpha value is -1.47. The Morgan fingerprint density at radius 3 is 2.62 bits per heavy atom. The van der Waals surface area contributed by atoms with Crippen molar-refractivity contribution in [2.24, 2.45) is 0 Å². The van der Waals surface area contributed by atoms with Crippen LogP contribution in [0.15, 0.2) is 35.7 Å². The molecule has 140 valence electrons. The molecular formula is C19H24ClN3OS2. The van der Waals surface area contributed by atoms with Gasteiger partial charge in [0.2, 0.25) is 5.91 Å². The predicted octanol–water partition coefficient (Wildman–Crippen LogP) is 4.48. The number of hydrogen-bond acceptors (Lipinski definition) is 5. The minimum absolute atomic E-state index is 0. The zero-order chi connectivity index (χ0) is 17.8. The summed E-state index contributed by atoms with van der Waals surface area (Å²) in [4.78, 5) is 22.8. The van der Waals surface area contributed by atoms with Crippen molar-refractivity contribution in [1.29, 1.82) is 0 Å². The quantitative estimate of drug-likeness (QED) is 0.577. The zero-order valence-electron chi connectivity index (χ0n) is 15.3. The highest BCUT2D eigenvalue weighted by Crippen LogP contribution is 2.31. The molecule has 26 heavy (non-hydrogen) atoms. The number of aromatic nitrogens is 1. The number of halogens is 1. The maximum atomic E-state index is 12.9. The third kappa shape index (κ3) is 4.82. The second kappa shape index (κ2) is 9.46. The number of aryl methyl sites for hydroxylation is 1. The number of hydrogen-bond donors (Lipinski definition) is 0. The van der Waals surface area contributed by atoms with Crippen molar-refractivity contribution < 1.29 is 4.79 Å². The van der Waals surface area contributed by atoms with Crippen LogP contribution in [0.4, 0.5) is 5.13 Å². The first-order chi connectivity index (χ1) is 12.1. The van der Waals surface area contributed by atoms with Gasteiger partial charge in [-0.15, -0.1) is 23.7 Å². The molecular weight excluding hydrogens is 386 g/mol. The van der Waals surface area contributed by atoms with Crippen LogP contribution in [0.3, 0.4) is 0 Å². The summed E-state index contributed by atoms with van der Waals surface area (Å²) in [7, 11) is 4.05. The molecule has 1 amide bonds. The van der Waals surface area contributed by atoms with E-state index in [1.165, 1.54) is 5.56 Å². The third-order valence-corrected chi connectivity index (χ3v) is 6.00. The van der Waals surface area contributed by atoms with E-state index in [-0.39, 0.29) is 18.3 Å². The van der Waals surface area contributed by atoms with Crippen LogP contribution >= 0.6 is 35.1 Å². The number of amides is 1. The highest BCUT2D eigenvalue weighted by molar-refractivity contribution is 7.22. The number of benzene rings is 1. The van der Waals surface area contributed by atoms with E-state index in [1.54, 1.807) is 22.7 Å². The fraction of sp³-hybridized carbons (Fsp3) is 0.368. The van der Waals surface area contributed by atoms with Gasteiger partial charge >= 0.3 is 0 Å². The Labute approximate surface area is 168 Å². The molecule has 3 rings (SSSR count). The molecule has 0 aliphatic heterocycles. The SMILES string of the molecule is CCc1cccc2sc(N(CCN(C)C)C(=O)Cc3cccs3)nc12.Cl. The second-order valence-electron chi connectivity index (χ2n) is 6.22. The van der Waals surface area contributed by atoms with Crippen LogP contribution in [-0.2, 0) is 17.6 Å². The summed E-state index contributed by atoms with van der Waals surface area (Å²) in [6, 6.07) is 10.3. The summed E-state index contributed by atoms with van der Waals surface area (Å²) < 4.78 is 1.15. The molecule has 0 aliphatic rings. The molecule has 2 aromatic heterocycles. The fourth-order valence-electron chi connectivity index (χ4n) is 2.68. The lowest BCUT2D eigenvalue weighted by Crippen LogP contribution is -2.37. The highest BCUT2D eigenvalue weighted by Gasteiger charge is 2.21. The Balaban J connectivity index is 0.00000243. The van der Waals surface area contributed by atoms with Crippen LogP contribution in [0.25, 0.3) is 10.2 Å². The number of thiazole rings is 1. The number of nitrogens with zero attached hydrogens (tertiary/aromatic N) is 3. The molecule has 0 saturated carbocycles. The topological polar surface area (TPSA) is 36.4 Å². The van der Waals surface area contributed by atoms with Gasteiger partial charge in [0.25, 0.3) is 0 Å². The molecule has 0 aliphatic carbocycles. The van der Waals surface area contributed by atoms with E-state index in [1.807, 2.05) is 36.5 Å². The molecule has 0 unspecified atom stereocenters. The monoisotopic (exact) mass is 409 g/mol. The number of carbonyl (C=O) groups is 1. The third-order valence-electron chi connectivity index (χ3n) is 4.08. The van der Waals surface area contributed by atoms with Gasteiger partial charge in [0.05, 0.1) is 16.6 Å². The molecule has 0 saturated heterocycles. The van der Waals surface area contributed by atoms with Crippen LogP contribution in [0.1, 0.15) is 17.4 Å². The zero-order valence-corrected chi connectivity index (χ0v) is 17.7. The molecule has 0 bridgehead atoms. The summed E-state index contributed by atoms with van der Waals surface area (Å²) in [5.74, 6) is 0.112. The number of fused-ring (bicyclic) bond motifs is 1. The normalized spacial score (nSPS) is 10.9. The van der Waals surface area contributed by atoms with E-state index in [9.17, 15) is 4.79 Å². The lowest BCUT2D eigenvalue weighted by atomic mass is 10.1. The van der Waals surface area contributed by atoms with E-state index < -0.39 is 0 Å². The molecule has 0 atom stereocenters. The average Bonchev–Trinajstić information content (AvgIpc) is 3.23. The van der Waals surface area contributed by atoms with Crippen LogP contribution in [-0.4, -0.2) is 43.0 Å². The minimum Gasteiger partial charge on any atom is -0.308 e. The van der Waals surface area contributed by atoms with Gasteiger partial charge in [-0.3, -0.25) is 9.69 Å². The maximum absolute atomic E-state index is 12.9. The number of thiophene rings is 1. The van der Waals surface area contributed by atoms with Crippen molar-refractivity contribution in [1.82, 2.24) is 9.88 Å². The fourth-order valence-corrected chi connectivity index (χ4v) is 4.43. The van der Waals surface area contributed by atoms with Crippen LogP contribution in [0, 0.1) is 0 Å². The molecule has 2 heterocycles. The summed E-state index contributed by atoms with van der Waals surface area (Å²) in [6.07, 6.45) is 1.38. The number of anilines is 1. The largest absolute Gasteiger partial charge is 0.308 e. The molecule has 1 aromatic carbocycles. The Morgan fingerprint density at radius 1 is 1.15 bits per heavy atom. The van der Waals surface area contributed by atoms with Gasteiger partial charge in [-0.05, 0) is 43.6 Å². The van der Waals surface area contributed by atoms with Crippen LogP contribution in [0.2, 0.25) is 0 Å². The molecule has 4 nitrogen and oxygen atoms in total. The number of carbonyl (C=O) groups excluding carboxylic acids is 1. The molecule has 0 fully saturated rings. The number of likely N-dealkylation sites (N-methyl/N-ethyl adjacent to an activating group) is 1. The van der Waals surface area contributed by atoms with Gasteiger partial charge in [-0.1, -0.05) is 36.5 Å². The lowest BCUT2D eigenvalue weighted by molar-refractivity contribution is -0.118. The molecule has 7 heteroatoms. The predicted molar refractivity (Wildman–Crippen MR) is 115 cm³/mol. The first-order valence-electron chi connectivity index (χ1n) is 8.44. The smallest absolute Gasteiger partial charge is 0.234 e. The van der Waals surface area contributed by atoms with Crippen molar-refractivity contribution in [3.05, 3.63) is 46.2 Å². The van der Waals surface area contributed by atoms with Crippen molar-refractivity contribution in [3.63, 3.8) is 0 Å². The van der Waals surface area contributed by atoms with Crippen LogP contribution < -0.4 is 4.90 Å². The van der Waals surface area contributed by atoms with Gasteiger partial charge in [-0.2, -0.15) is 0 Å². The summed E-state index contributed by atoms with van der Waals surface area (Å²) >= 11 is 3.23. The van der Waals surface area contributed by atoms with Crippen molar-refractivity contribution in [3.8, 4) is 0 Å². The molecule has 0 spiro atoms. The van der Waals surface area contributed by atoms with E-state index in [0.717, 1.165) is 33.2 Å². The van der Waals surface area contributed by atoms with Gasteiger partial charge in [-0.25, -0.2) is 4.98 Å². The van der Waals surface area contributed by atoms with Crippen molar-refractivity contribution in [2.75, 3.05) is 32.1 Å². The summed E-state index contributed by atoms with van der Waals surface area (Å²) in [6.45, 7) is 3.60. The lowest BCUT2D eigenvalue weighted by Gasteiger charge is -2.21.